The van der Waals surface area contributed by atoms with Crippen LogP contribution in [0.1, 0.15) is 36.8 Å². The second-order valence-corrected chi connectivity index (χ2v) is 8.22. The molecule has 0 radical (unpaired) electrons. The molecule has 1 aromatic carbocycles. The first-order chi connectivity index (χ1) is 15.7. The molecular weight excluding hydrogens is 409 g/mol. The van der Waals surface area contributed by atoms with Crippen LogP contribution in [0.5, 0.6) is 5.75 Å². The van der Waals surface area contributed by atoms with Crippen molar-refractivity contribution in [2.75, 3.05) is 33.4 Å². The lowest BCUT2D eigenvalue weighted by Gasteiger charge is -2.37. The standard InChI is InChI=1S/C25H28FN3O3/c1-31-20-5-7-25-23(13-20)22(8-10-28-25)24(26)6-4-18-9-12-29(15-19(18)16-30)11-2-3-21-14-27-17-32-21/h5,7-8,10,13-14,17-19,24,30H,4,6,9,11-12,15-16H2,1H3/t18-,19-,24?/m1/s1. The molecule has 0 bridgehead atoms. The first-order valence-electron chi connectivity index (χ1n) is 10.9. The van der Waals surface area contributed by atoms with Gasteiger partial charge >= 0.3 is 0 Å². The predicted octanol–water partition coefficient (Wildman–Crippen LogP) is 4.00. The van der Waals surface area contributed by atoms with E-state index in [2.05, 4.69) is 26.7 Å². The highest BCUT2D eigenvalue weighted by Crippen LogP contribution is 2.35. The Morgan fingerprint density at radius 2 is 2.25 bits per heavy atom. The van der Waals surface area contributed by atoms with Gasteiger partial charge in [-0.3, -0.25) is 9.88 Å². The molecule has 7 heteroatoms. The summed E-state index contributed by atoms with van der Waals surface area (Å²) in [5, 5.41) is 10.7. The van der Waals surface area contributed by atoms with Gasteiger partial charge in [0.15, 0.2) is 12.2 Å². The van der Waals surface area contributed by atoms with Gasteiger partial charge in [0.25, 0.3) is 0 Å². The molecule has 1 unspecified atom stereocenters. The second kappa shape index (κ2) is 10.6. The Labute approximate surface area is 187 Å². The number of nitrogens with zero attached hydrogens (tertiary/aromatic N) is 3. The minimum atomic E-state index is -1.09. The van der Waals surface area contributed by atoms with Gasteiger partial charge in [-0.05, 0) is 73.4 Å². The molecule has 0 saturated carbocycles. The lowest BCUT2D eigenvalue weighted by Crippen LogP contribution is -2.42. The summed E-state index contributed by atoms with van der Waals surface area (Å²) >= 11 is 0. The highest BCUT2D eigenvalue weighted by Gasteiger charge is 2.29. The molecular formula is C25H28FN3O3. The third-order valence-corrected chi connectivity index (χ3v) is 6.27. The number of oxazole rings is 1. The molecule has 4 rings (SSSR count). The lowest BCUT2D eigenvalue weighted by molar-refractivity contribution is 0.0708. The van der Waals surface area contributed by atoms with Crippen LogP contribution in [0.2, 0.25) is 0 Å². The minimum absolute atomic E-state index is 0.100. The number of halogens is 1. The third-order valence-electron chi connectivity index (χ3n) is 6.27. The van der Waals surface area contributed by atoms with Crippen LogP contribution in [-0.2, 0) is 0 Å². The van der Waals surface area contributed by atoms with Gasteiger partial charge in [-0.15, -0.1) is 0 Å². The quantitative estimate of drug-likeness (QED) is 0.564. The van der Waals surface area contributed by atoms with Crippen molar-refractivity contribution >= 4 is 10.9 Å². The van der Waals surface area contributed by atoms with Crippen LogP contribution in [0.15, 0.2) is 47.5 Å². The van der Waals surface area contributed by atoms with E-state index in [0.717, 1.165) is 36.8 Å². The van der Waals surface area contributed by atoms with E-state index in [1.807, 2.05) is 18.2 Å². The number of fused-ring (bicyclic) bond motifs is 1. The fraction of sp³-hybridized carbons (Fsp3) is 0.440. The molecule has 32 heavy (non-hydrogen) atoms. The summed E-state index contributed by atoms with van der Waals surface area (Å²) in [7, 11) is 1.60. The summed E-state index contributed by atoms with van der Waals surface area (Å²) in [6, 6.07) is 7.29. The van der Waals surface area contributed by atoms with Gasteiger partial charge in [0, 0.05) is 24.7 Å². The Bertz CT molecular complexity index is 1080. The van der Waals surface area contributed by atoms with Gasteiger partial charge in [0.1, 0.15) is 11.9 Å². The van der Waals surface area contributed by atoms with Crippen molar-refractivity contribution in [1.82, 2.24) is 14.9 Å². The van der Waals surface area contributed by atoms with Crippen LogP contribution >= 0.6 is 0 Å². The van der Waals surface area contributed by atoms with Gasteiger partial charge < -0.3 is 14.3 Å². The maximum Gasteiger partial charge on any atom is 0.197 e. The Hall–Kier alpha value is -2.95. The molecule has 2 aromatic heterocycles. The fourth-order valence-electron chi connectivity index (χ4n) is 4.47. The van der Waals surface area contributed by atoms with Gasteiger partial charge in [-0.2, -0.15) is 0 Å². The van der Waals surface area contributed by atoms with E-state index in [0.29, 0.717) is 36.0 Å². The first kappa shape index (κ1) is 22.3. The van der Waals surface area contributed by atoms with Crippen molar-refractivity contribution in [2.24, 2.45) is 11.8 Å². The number of aromatic nitrogens is 2. The highest BCUT2D eigenvalue weighted by molar-refractivity contribution is 5.83. The van der Waals surface area contributed by atoms with Crippen LogP contribution in [0.4, 0.5) is 4.39 Å². The molecule has 1 aliphatic rings. The second-order valence-electron chi connectivity index (χ2n) is 8.22. The van der Waals surface area contributed by atoms with Crippen molar-refractivity contribution in [1.29, 1.82) is 0 Å². The molecule has 1 fully saturated rings. The van der Waals surface area contributed by atoms with Crippen molar-refractivity contribution in [3.05, 3.63) is 54.4 Å². The van der Waals surface area contributed by atoms with Crippen molar-refractivity contribution in [3.8, 4) is 17.6 Å². The first-order valence-corrected chi connectivity index (χ1v) is 10.9. The van der Waals surface area contributed by atoms with Crippen molar-refractivity contribution in [3.63, 3.8) is 0 Å². The van der Waals surface area contributed by atoms with E-state index in [-0.39, 0.29) is 12.5 Å². The minimum Gasteiger partial charge on any atom is -0.497 e. The predicted molar refractivity (Wildman–Crippen MR) is 120 cm³/mol. The molecule has 168 valence electrons. The molecule has 1 saturated heterocycles. The van der Waals surface area contributed by atoms with E-state index < -0.39 is 6.17 Å². The van der Waals surface area contributed by atoms with Crippen LogP contribution in [0.3, 0.4) is 0 Å². The molecule has 0 aliphatic carbocycles. The zero-order chi connectivity index (χ0) is 22.3. The van der Waals surface area contributed by atoms with Crippen LogP contribution < -0.4 is 4.74 Å². The Kier molecular flexibility index (Phi) is 7.35. The largest absolute Gasteiger partial charge is 0.497 e. The summed E-state index contributed by atoms with van der Waals surface area (Å²) in [4.78, 5) is 10.4. The normalized spacial score (nSPS) is 20.0. The van der Waals surface area contributed by atoms with Crippen molar-refractivity contribution in [2.45, 2.75) is 25.4 Å². The van der Waals surface area contributed by atoms with Gasteiger partial charge in [-0.1, -0.05) is 5.92 Å². The Morgan fingerprint density at radius 1 is 1.34 bits per heavy atom. The number of hydrogen-bond acceptors (Lipinski definition) is 6. The van der Waals surface area contributed by atoms with E-state index >= 15 is 4.39 Å². The molecule has 1 aliphatic heterocycles. The molecule has 3 aromatic rings. The number of hydrogen-bond donors (Lipinski definition) is 1. The molecule has 0 spiro atoms. The monoisotopic (exact) mass is 437 g/mol. The zero-order valence-corrected chi connectivity index (χ0v) is 18.2. The van der Waals surface area contributed by atoms with E-state index in [1.54, 1.807) is 25.6 Å². The number of methoxy groups -OCH3 is 1. The summed E-state index contributed by atoms with van der Waals surface area (Å²) in [5.74, 6) is 7.71. The van der Waals surface area contributed by atoms with Gasteiger partial charge in [0.2, 0.25) is 0 Å². The maximum absolute atomic E-state index is 15.3. The van der Waals surface area contributed by atoms with Crippen LogP contribution in [0, 0.1) is 23.7 Å². The summed E-state index contributed by atoms with van der Waals surface area (Å²) in [5.41, 5.74) is 1.41. The number of rotatable bonds is 7. The topological polar surface area (TPSA) is 71.6 Å². The van der Waals surface area contributed by atoms with Gasteiger partial charge in [0.05, 0.1) is 25.4 Å². The number of pyridine rings is 1. The number of ether oxygens (including phenoxy) is 1. The number of benzene rings is 1. The molecule has 3 heterocycles. The van der Waals surface area contributed by atoms with E-state index in [9.17, 15) is 5.11 Å². The molecule has 0 amide bonds. The van der Waals surface area contributed by atoms with Crippen LogP contribution in [-0.4, -0.2) is 53.3 Å². The number of aliphatic hydroxyl groups excluding tert-OH is 1. The summed E-state index contributed by atoms with van der Waals surface area (Å²) in [6.07, 6.45) is 5.60. The van der Waals surface area contributed by atoms with Crippen molar-refractivity contribution < 1.29 is 18.7 Å². The highest BCUT2D eigenvalue weighted by atomic mass is 19.1. The summed E-state index contributed by atoms with van der Waals surface area (Å²) in [6.45, 7) is 2.36. The van der Waals surface area contributed by atoms with Crippen LogP contribution in [0.25, 0.3) is 10.9 Å². The SMILES string of the molecule is COc1ccc2nccc(C(F)CC[C@@H]3CCN(CC#Cc4cnco4)C[C@@H]3CO)c2c1. The van der Waals surface area contributed by atoms with E-state index in [4.69, 9.17) is 9.15 Å². The Morgan fingerprint density at radius 3 is 3.03 bits per heavy atom. The number of likely N-dealkylation sites (tertiary alicyclic amines) is 1. The zero-order valence-electron chi connectivity index (χ0n) is 18.2. The average Bonchev–Trinajstić information content (AvgIpc) is 3.35. The van der Waals surface area contributed by atoms with E-state index in [1.165, 1.54) is 6.39 Å². The maximum atomic E-state index is 15.3. The number of piperidine rings is 1. The van der Waals surface area contributed by atoms with Gasteiger partial charge in [-0.25, -0.2) is 9.37 Å². The Balaban J connectivity index is 1.35. The fourth-order valence-corrected chi connectivity index (χ4v) is 4.47. The smallest absolute Gasteiger partial charge is 0.197 e. The number of alkyl halides is 1. The lowest BCUT2D eigenvalue weighted by atomic mass is 9.81. The third kappa shape index (κ3) is 5.26. The number of aliphatic hydroxyl groups is 1. The molecule has 1 N–H and O–H groups in total. The average molecular weight is 438 g/mol. The molecule has 3 atom stereocenters. The molecule has 6 nitrogen and oxygen atoms in total. The summed E-state index contributed by atoms with van der Waals surface area (Å²) < 4.78 is 25.7.